The summed E-state index contributed by atoms with van der Waals surface area (Å²) in [5.74, 6) is 0.643. The maximum absolute atomic E-state index is 12.6. The van der Waals surface area contributed by atoms with E-state index in [-0.39, 0.29) is 17.9 Å². The van der Waals surface area contributed by atoms with Crippen LogP contribution in [0.2, 0.25) is 0 Å². The number of carbonyl (C=O) groups excluding carboxylic acids is 1. The lowest BCUT2D eigenvalue weighted by molar-refractivity contribution is -0.126. The smallest absolute Gasteiger partial charge is 0.223 e. The standard InChI is InChI=1S/C21H33N3O3S/c1-16-5-4-12-23(15-16)20-8-6-18(7-9-20)17(2)22-21(25)19-10-13-24(14-11-19)28(3,26)27/h6-9,16-17,19H,4-5,10-15H2,1-3H3,(H,22,25)/t16-,17+/m0/s1. The monoisotopic (exact) mass is 407 g/mol. The average Bonchev–Trinajstić information content (AvgIpc) is 2.67. The van der Waals surface area contributed by atoms with Gasteiger partial charge in [0.05, 0.1) is 12.3 Å². The molecule has 2 atom stereocenters. The Morgan fingerprint density at radius 3 is 2.32 bits per heavy atom. The van der Waals surface area contributed by atoms with Crippen molar-refractivity contribution in [2.75, 3.05) is 37.3 Å². The molecule has 1 aromatic rings. The minimum atomic E-state index is -3.16. The molecule has 0 saturated carbocycles. The van der Waals surface area contributed by atoms with E-state index in [0.717, 1.165) is 24.6 Å². The third kappa shape index (κ3) is 5.26. The summed E-state index contributed by atoms with van der Waals surface area (Å²) in [6.07, 6.45) is 4.94. The van der Waals surface area contributed by atoms with Crippen LogP contribution >= 0.6 is 0 Å². The third-order valence-electron chi connectivity index (χ3n) is 6.07. The first-order valence-corrected chi connectivity index (χ1v) is 12.2. The molecule has 2 fully saturated rings. The van der Waals surface area contributed by atoms with Crippen LogP contribution in [-0.2, 0) is 14.8 Å². The molecule has 2 heterocycles. The Labute approximate surface area is 169 Å². The summed E-state index contributed by atoms with van der Waals surface area (Å²) in [6, 6.07) is 8.45. The van der Waals surface area contributed by atoms with Crippen molar-refractivity contribution in [2.24, 2.45) is 11.8 Å². The van der Waals surface area contributed by atoms with Gasteiger partial charge in [-0.2, -0.15) is 0 Å². The SMILES string of the molecule is C[C@H]1CCCN(c2ccc([C@@H](C)NC(=O)C3CCN(S(C)(=O)=O)CC3)cc2)C1. The molecule has 0 spiro atoms. The third-order valence-corrected chi connectivity index (χ3v) is 7.37. The molecule has 2 saturated heterocycles. The van der Waals surface area contributed by atoms with Gasteiger partial charge in [0.1, 0.15) is 0 Å². The minimum Gasteiger partial charge on any atom is -0.371 e. The lowest BCUT2D eigenvalue weighted by Gasteiger charge is -2.33. The molecule has 0 bridgehead atoms. The van der Waals surface area contributed by atoms with E-state index in [0.29, 0.717) is 25.9 Å². The van der Waals surface area contributed by atoms with Crippen LogP contribution in [0.5, 0.6) is 0 Å². The number of sulfonamides is 1. The van der Waals surface area contributed by atoms with Gasteiger partial charge in [-0.25, -0.2) is 12.7 Å². The van der Waals surface area contributed by atoms with Crippen molar-refractivity contribution in [3.05, 3.63) is 29.8 Å². The number of hydrogen-bond donors (Lipinski definition) is 1. The first kappa shape index (κ1) is 21.1. The molecule has 1 amide bonds. The summed E-state index contributed by atoms with van der Waals surface area (Å²) in [5, 5.41) is 3.11. The Morgan fingerprint density at radius 2 is 1.75 bits per heavy atom. The average molecular weight is 408 g/mol. The molecule has 2 aliphatic rings. The molecule has 7 heteroatoms. The van der Waals surface area contributed by atoms with Gasteiger partial charge < -0.3 is 10.2 Å². The summed E-state index contributed by atoms with van der Waals surface area (Å²) in [6.45, 7) is 7.38. The van der Waals surface area contributed by atoms with Crippen LogP contribution in [0.1, 0.15) is 51.1 Å². The van der Waals surface area contributed by atoms with Gasteiger partial charge in [-0.05, 0) is 56.2 Å². The van der Waals surface area contributed by atoms with Crippen LogP contribution < -0.4 is 10.2 Å². The number of piperidine rings is 2. The van der Waals surface area contributed by atoms with Gasteiger partial charge in [0.25, 0.3) is 0 Å². The summed E-state index contributed by atoms with van der Waals surface area (Å²) in [4.78, 5) is 15.0. The van der Waals surface area contributed by atoms with E-state index in [9.17, 15) is 13.2 Å². The van der Waals surface area contributed by atoms with Crippen LogP contribution in [0.15, 0.2) is 24.3 Å². The summed E-state index contributed by atoms with van der Waals surface area (Å²) < 4.78 is 24.7. The van der Waals surface area contributed by atoms with E-state index in [4.69, 9.17) is 0 Å². The zero-order valence-corrected chi connectivity index (χ0v) is 18.0. The molecule has 1 N–H and O–H groups in total. The van der Waals surface area contributed by atoms with Crippen LogP contribution in [0.3, 0.4) is 0 Å². The number of amides is 1. The van der Waals surface area contributed by atoms with Crippen molar-refractivity contribution >= 4 is 21.6 Å². The summed E-state index contributed by atoms with van der Waals surface area (Å²) >= 11 is 0. The topological polar surface area (TPSA) is 69.7 Å². The van der Waals surface area contributed by atoms with E-state index in [1.165, 1.54) is 29.1 Å². The number of benzene rings is 1. The molecule has 1 aromatic carbocycles. The van der Waals surface area contributed by atoms with E-state index >= 15 is 0 Å². The number of carbonyl (C=O) groups is 1. The van der Waals surface area contributed by atoms with Gasteiger partial charge in [-0.15, -0.1) is 0 Å². The van der Waals surface area contributed by atoms with Crippen molar-refractivity contribution < 1.29 is 13.2 Å². The highest BCUT2D eigenvalue weighted by molar-refractivity contribution is 7.88. The predicted octanol–water partition coefficient (Wildman–Crippen LogP) is 2.77. The molecule has 6 nitrogen and oxygen atoms in total. The first-order chi connectivity index (χ1) is 13.2. The molecular weight excluding hydrogens is 374 g/mol. The minimum absolute atomic E-state index is 0.0228. The largest absolute Gasteiger partial charge is 0.371 e. The fourth-order valence-corrected chi connectivity index (χ4v) is 5.14. The van der Waals surface area contributed by atoms with Crippen LogP contribution in [0.4, 0.5) is 5.69 Å². The Hall–Kier alpha value is -1.60. The van der Waals surface area contributed by atoms with Crippen molar-refractivity contribution in [1.29, 1.82) is 0 Å². The van der Waals surface area contributed by atoms with Crippen molar-refractivity contribution in [2.45, 2.75) is 45.6 Å². The fourth-order valence-electron chi connectivity index (χ4n) is 4.26. The van der Waals surface area contributed by atoms with Gasteiger partial charge in [0.15, 0.2) is 0 Å². The Bertz CT molecular complexity index is 771. The Balaban J connectivity index is 1.53. The van der Waals surface area contributed by atoms with Crippen LogP contribution in [-0.4, -0.2) is 51.1 Å². The second kappa shape index (κ2) is 8.82. The molecule has 0 radical (unpaired) electrons. The predicted molar refractivity (Wildman–Crippen MR) is 113 cm³/mol. The number of hydrogen-bond acceptors (Lipinski definition) is 4. The van der Waals surface area contributed by atoms with E-state index in [2.05, 4.69) is 41.4 Å². The molecule has 0 aromatic heterocycles. The Morgan fingerprint density at radius 1 is 1.11 bits per heavy atom. The zero-order chi connectivity index (χ0) is 20.3. The van der Waals surface area contributed by atoms with Crippen molar-refractivity contribution in [3.8, 4) is 0 Å². The van der Waals surface area contributed by atoms with Crippen LogP contribution in [0, 0.1) is 11.8 Å². The lowest BCUT2D eigenvalue weighted by Crippen LogP contribution is -2.43. The second-order valence-electron chi connectivity index (χ2n) is 8.45. The number of rotatable bonds is 5. The highest BCUT2D eigenvalue weighted by Gasteiger charge is 2.29. The van der Waals surface area contributed by atoms with Gasteiger partial charge in [0.2, 0.25) is 15.9 Å². The quantitative estimate of drug-likeness (QED) is 0.815. The number of nitrogens with one attached hydrogen (secondary N) is 1. The number of nitrogens with zero attached hydrogens (tertiary/aromatic N) is 2. The summed E-state index contributed by atoms with van der Waals surface area (Å²) in [5.41, 5.74) is 2.35. The maximum atomic E-state index is 12.6. The van der Waals surface area contributed by atoms with Gasteiger partial charge in [0, 0.05) is 37.8 Å². The maximum Gasteiger partial charge on any atom is 0.223 e. The molecule has 0 aliphatic carbocycles. The molecule has 28 heavy (non-hydrogen) atoms. The van der Waals surface area contributed by atoms with Crippen LogP contribution in [0.25, 0.3) is 0 Å². The highest BCUT2D eigenvalue weighted by atomic mass is 32.2. The van der Waals surface area contributed by atoms with Gasteiger partial charge >= 0.3 is 0 Å². The van der Waals surface area contributed by atoms with Gasteiger partial charge in [-0.3, -0.25) is 4.79 Å². The summed E-state index contributed by atoms with van der Waals surface area (Å²) in [7, 11) is -3.16. The second-order valence-corrected chi connectivity index (χ2v) is 10.4. The molecule has 2 aliphatic heterocycles. The van der Waals surface area contributed by atoms with Gasteiger partial charge in [-0.1, -0.05) is 19.1 Å². The zero-order valence-electron chi connectivity index (χ0n) is 17.2. The normalized spacial score (nSPS) is 23.4. The molecule has 3 rings (SSSR count). The number of anilines is 1. The molecule has 156 valence electrons. The van der Waals surface area contributed by atoms with Crippen molar-refractivity contribution in [1.82, 2.24) is 9.62 Å². The highest BCUT2D eigenvalue weighted by Crippen LogP contribution is 2.25. The molecular formula is C21H33N3O3S. The first-order valence-electron chi connectivity index (χ1n) is 10.3. The van der Waals surface area contributed by atoms with E-state index < -0.39 is 10.0 Å². The fraction of sp³-hybridized carbons (Fsp3) is 0.667. The lowest BCUT2D eigenvalue weighted by atomic mass is 9.96. The van der Waals surface area contributed by atoms with Crippen molar-refractivity contribution in [3.63, 3.8) is 0 Å². The van der Waals surface area contributed by atoms with E-state index in [1.807, 2.05) is 6.92 Å². The molecule has 0 unspecified atom stereocenters. The van der Waals surface area contributed by atoms with E-state index in [1.54, 1.807) is 0 Å². The Kier molecular flexibility index (Phi) is 6.65.